The topological polar surface area (TPSA) is 21.3 Å². The molecule has 0 spiro atoms. The zero-order valence-corrected chi connectivity index (χ0v) is 10.9. The summed E-state index contributed by atoms with van der Waals surface area (Å²) in [5.74, 6) is 0. The van der Waals surface area contributed by atoms with Gasteiger partial charge in [0.15, 0.2) is 0 Å². The van der Waals surface area contributed by atoms with Crippen LogP contribution in [-0.2, 0) is 11.2 Å². The number of benzene rings is 1. The molecule has 2 nitrogen and oxygen atoms in total. The predicted molar refractivity (Wildman–Crippen MR) is 68.5 cm³/mol. The Hall–Kier alpha value is -0.540. The predicted octanol–water partition coefficient (Wildman–Crippen LogP) is 3.46. The Morgan fingerprint density at radius 3 is 2.80 bits per heavy atom. The van der Waals surface area contributed by atoms with Crippen LogP contribution >= 0.6 is 15.9 Å². The molecule has 1 aromatic rings. The molecule has 1 N–H and O–H groups in total. The van der Waals surface area contributed by atoms with Crippen molar-refractivity contribution in [3.63, 3.8) is 0 Å². The molecule has 1 aromatic carbocycles. The van der Waals surface area contributed by atoms with Crippen molar-refractivity contribution in [2.24, 2.45) is 0 Å². The zero-order valence-electron chi connectivity index (χ0n) is 9.35. The van der Waals surface area contributed by atoms with Gasteiger partial charge in [0, 0.05) is 23.3 Å². The van der Waals surface area contributed by atoms with Crippen molar-refractivity contribution in [1.82, 2.24) is 0 Å². The number of anilines is 1. The Labute approximate surface area is 100 Å². The van der Waals surface area contributed by atoms with Crippen LogP contribution < -0.4 is 5.32 Å². The standard InChI is InChI=1S/C12H18BrNO/c1-3-10-9-11(13)5-6-12(10)14-7-8-15-4-2/h5-6,9,14H,3-4,7-8H2,1-2H3. The van der Waals surface area contributed by atoms with Gasteiger partial charge in [-0.05, 0) is 37.1 Å². The minimum Gasteiger partial charge on any atom is -0.383 e. The van der Waals surface area contributed by atoms with Crippen LogP contribution in [0.2, 0.25) is 0 Å². The van der Waals surface area contributed by atoms with Gasteiger partial charge >= 0.3 is 0 Å². The van der Waals surface area contributed by atoms with E-state index in [9.17, 15) is 0 Å². The molecule has 0 amide bonds. The first-order valence-corrected chi connectivity index (χ1v) is 6.17. The lowest BCUT2D eigenvalue weighted by molar-refractivity contribution is 0.158. The minimum absolute atomic E-state index is 0.760. The molecule has 0 unspecified atom stereocenters. The van der Waals surface area contributed by atoms with E-state index >= 15 is 0 Å². The Kier molecular flexibility index (Phi) is 5.73. The van der Waals surface area contributed by atoms with Gasteiger partial charge < -0.3 is 10.1 Å². The third kappa shape index (κ3) is 4.22. The average Bonchev–Trinajstić information content (AvgIpc) is 2.26. The average molecular weight is 272 g/mol. The fourth-order valence-electron chi connectivity index (χ4n) is 1.43. The van der Waals surface area contributed by atoms with E-state index in [-0.39, 0.29) is 0 Å². The second-order valence-electron chi connectivity index (χ2n) is 3.28. The van der Waals surface area contributed by atoms with E-state index in [1.165, 1.54) is 11.3 Å². The van der Waals surface area contributed by atoms with Crippen molar-refractivity contribution >= 4 is 21.6 Å². The molecule has 0 aliphatic carbocycles. The van der Waals surface area contributed by atoms with Gasteiger partial charge in [0.25, 0.3) is 0 Å². The van der Waals surface area contributed by atoms with E-state index < -0.39 is 0 Å². The summed E-state index contributed by atoms with van der Waals surface area (Å²) in [5.41, 5.74) is 2.54. The van der Waals surface area contributed by atoms with Crippen LogP contribution in [0, 0.1) is 0 Å². The first-order chi connectivity index (χ1) is 7.27. The molecule has 84 valence electrons. The van der Waals surface area contributed by atoms with Crippen LogP contribution in [-0.4, -0.2) is 19.8 Å². The maximum absolute atomic E-state index is 5.28. The van der Waals surface area contributed by atoms with Crippen molar-refractivity contribution in [3.05, 3.63) is 28.2 Å². The quantitative estimate of drug-likeness (QED) is 0.801. The highest BCUT2D eigenvalue weighted by Gasteiger charge is 2.00. The molecule has 0 saturated carbocycles. The van der Waals surface area contributed by atoms with Gasteiger partial charge in [-0.25, -0.2) is 0 Å². The minimum atomic E-state index is 0.760. The van der Waals surface area contributed by atoms with E-state index in [4.69, 9.17) is 4.74 Å². The largest absolute Gasteiger partial charge is 0.383 e. The maximum atomic E-state index is 5.28. The molecule has 0 aromatic heterocycles. The first-order valence-electron chi connectivity index (χ1n) is 5.38. The van der Waals surface area contributed by atoms with Crippen LogP contribution in [0.3, 0.4) is 0 Å². The van der Waals surface area contributed by atoms with Crippen molar-refractivity contribution in [1.29, 1.82) is 0 Å². The van der Waals surface area contributed by atoms with Gasteiger partial charge in [0.05, 0.1) is 6.61 Å². The highest BCUT2D eigenvalue weighted by Crippen LogP contribution is 2.21. The molecule has 3 heteroatoms. The third-order valence-corrected chi connectivity index (χ3v) is 2.71. The second-order valence-corrected chi connectivity index (χ2v) is 4.19. The lowest BCUT2D eigenvalue weighted by Gasteiger charge is -2.11. The summed E-state index contributed by atoms with van der Waals surface area (Å²) in [5, 5.41) is 3.38. The number of nitrogens with one attached hydrogen (secondary N) is 1. The van der Waals surface area contributed by atoms with E-state index in [1.807, 2.05) is 6.92 Å². The molecule has 0 saturated heterocycles. The third-order valence-electron chi connectivity index (χ3n) is 2.21. The summed E-state index contributed by atoms with van der Waals surface area (Å²) in [6, 6.07) is 6.32. The molecule has 0 fully saturated rings. The van der Waals surface area contributed by atoms with E-state index in [0.717, 1.165) is 30.7 Å². The Balaban J connectivity index is 2.52. The number of rotatable bonds is 6. The summed E-state index contributed by atoms with van der Waals surface area (Å²) in [7, 11) is 0. The lowest BCUT2D eigenvalue weighted by atomic mass is 10.1. The van der Waals surface area contributed by atoms with Gasteiger partial charge in [-0.2, -0.15) is 0 Å². The fraction of sp³-hybridized carbons (Fsp3) is 0.500. The van der Waals surface area contributed by atoms with Crippen LogP contribution in [0.5, 0.6) is 0 Å². The summed E-state index contributed by atoms with van der Waals surface area (Å²) in [4.78, 5) is 0. The number of hydrogen-bond acceptors (Lipinski definition) is 2. The molecular formula is C12H18BrNO. The molecule has 0 bridgehead atoms. The number of halogens is 1. The second kappa shape index (κ2) is 6.85. The van der Waals surface area contributed by atoms with Gasteiger partial charge in [0.2, 0.25) is 0 Å². The number of aryl methyl sites for hydroxylation is 1. The first kappa shape index (κ1) is 12.5. The molecular weight excluding hydrogens is 254 g/mol. The van der Waals surface area contributed by atoms with Crippen LogP contribution in [0.15, 0.2) is 22.7 Å². The van der Waals surface area contributed by atoms with Gasteiger partial charge in [0.1, 0.15) is 0 Å². The highest BCUT2D eigenvalue weighted by molar-refractivity contribution is 9.10. The molecule has 15 heavy (non-hydrogen) atoms. The zero-order chi connectivity index (χ0) is 11.1. The van der Waals surface area contributed by atoms with Crippen LogP contribution in [0.4, 0.5) is 5.69 Å². The smallest absolute Gasteiger partial charge is 0.0638 e. The van der Waals surface area contributed by atoms with Gasteiger partial charge in [-0.3, -0.25) is 0 Å². The Morgan fingerprint density at radius 1 is 1.33 bits per heavy atom. The lowest BCUT2D eigenvalue weighted by Crippen LogP contribution is -2.10. The number of ether oxygens (including phenoxy) is 1. The molecule has 0 radical (unpaired) electrons. The van der Waals surface area contributed by atoms with Crippen molar-refractivity contribution in [2.45, 2.75) is 20.3 Å². The van der Waals surface area contributed by atoms with E-state index in [1.54, 1.807) is 0 Å². The fourth-order valence-corrected chi connectivity index (χ4v) is 1.84. The van der Waals surface area contributed by atoms with Crippen molar-refractivity contribution < 1.29 is 4.74 Å². The van der Waals surface area contributed by atoms with Crippen LogP contribution in [0.25, 0.3) is 0 Å². The summed E-state index contributed by atoms with van der Waals surface area (Å²) < 4.78 is 6.41. The normalized spacial score (nSPS) is 10.3. The van der Waals surface area contributed by atoms with Crippen LogP contribution in [0.1, 0.15) is 19.4 Å². The highest BCUT2D eigenvalue weighted by atomic mass is 79.9. The molecule has 1 rings (SSSR count). The monoisotopic (exact) mass is 271 g/mol. The SMILES string of the molecule is CCOCCNc1ccc(Br)cc1CC. The molecule has 0 aliphatic rings. The van der Waals surface area contributed by atoms with Gasteiger partial charge in [-0.1, -0.05) is 22.9 Å². The molecule has 0 atom stereocenters. The summed E-state index contributed by atoms with van der Waals surface area (Å²) in [6.45, 7) is 6.58. The molecule has 0 heterocycles. The molecule has 0 aliphatic heterocycles. The van der Waals surface area contributed by atoms with E-state index in [2.05, 4.69) is 46.4 Å². The summed E-state index contributed by atoms with van der Waals surface area (Å²) in [6.07, 6.45) is 1.04. The Morgan fingerprint density at radius 2 is 2.13 bits per heavy atom. The maximum Gasteiger partial charge on any atom is 0.0638 e. The van der Waals surface area contributed by atoms with Crippen molar-refractivity contribution in [2.75, 3.05) is 25.1 Å². The van der Waals surface area contributed by atoms with E-state index in [0.29, 0.717) is 0 Å². The number of hydrogen-bond donors (Lipinski definition) is 1. The van der Waals surface area contributed by atoms with Crippen molar-refractivity contribution in [3.8, 4) is 0 Å². The Bertz CT molecular complexity index is 302. The van der Waals surface area contributed by atoms with Gasteiger partial charge in [-0.15, -0.1) is 0 Å². The summed E-state index contributed by atoms with van der Waals surface area (Å²) >= 11 is 3.48.